The molecule has 1 aromatic heterocycles. The van der Waals surface area contributed by atoms with Crippen molar-refractivity contribution in [3.8, 4) is 0 Å². The number of rotatable bonds is 10. The van der Waals surface area contributed by atoms with Crippen molar-refractivity contribution >= 4 is 24.6 Å². The van der Waals surface area contributed by atoms with Gasteiger partial charge in [0, 0.05) is 25.2 Å². The van der Waals surface area contributed by atoms with E-state index >= 15 is 0 Å². The number of para-hydroxylation sites is 1. The van der Waals surface area contributed by atoms with E-state index < -0.39 is 7.82 Å². The van der Waals surface area contributed by atoms with Crippen LogP contribution < -0.4 is 5.32 Å². The van der Waals surface area contributed by atoms with Crippen LogP contribution >= 0.6 is 7.82 Å². The maximum atomic E-state index is 12.0. The molecule has 0 aliphatic rings. The molecule has 1 heterocycles. The van der Waals surface area contributed by atoms with Crippen molar-refractivity contribution in [1.82, 2.24) is 10.3 Å². The fourth-order valence-electron chi connectivity index (χ4n) is 2.33. The van der Waals surface area contributed by atoms with E-state index in [0.29, 0.717) is 19.4 Å². The van der Waals surface area contributed by atoms with Gasteiger partial charge in [0.05, 0.1) is 18.5 Å². The maximum absolute atomic E-state index is 12.0. The van der Waals surface area contributed by atoms with Crippen molar-refractivity contribution in [2.24, 2.45) is 0 Å². The van der Waals surface area contributed by atoms with Crippen LogP contribution in [0.15, 0.2) is 36.5 Å². The van der Waals surface area contributed by atoms with Crippen molar-refractivity contribution in [2.45, 2.75) is 25.7 Å². The molecule has 0 spiro atoms. The topological polar surface area (TPSA) is 97.8 Å². The van der Waals surface area contributed by atoms with Crippen LogP contribution in [0, 0.1) is 0 Å². The summed E-state index contributed by atoms with van der Waals surface area (Å²) in [5, 5.41) is 3.88. The van der Waals surface area contributed by atoms with E-state index in [2.05, 4.69) is 14.8 Å². The largest absolute Gasteiger partial charge is 0.471 e. The average molecular weight is 366 g/mol. The Bertz CT molecular complexity index is 753. The number of carbonyl (C=O) groups excluding carboxylic acids is 1. The lowest BCUT2D eigenvalue weighted by Gasteiger charge is -2.09. The van der Waals surface area contributed by atoms with Crippen LogP contribution in [0.2, 0.25) is 0 Å². The Morgan fingerprint density at radius 2 is 2.08 bits per heavy atom. The fraction of sp³-hybridized carbons (Fsp3) is 0.412. The molecule has 25 heavy (non-hydrogen) atoms. The molecule has 2 aromatic rings. The minimum atomic E-state index is -3.88. The standard InChI is InChI=1S/C17H23N2O5P/c1-23-25(21,22)24-10-6-2-5-9-18-17(20)12-14-11-15-7-3-4-8-16(15)19-13-14/h3-4,7-8,11,13H,2,5-6,9-10,12H2,1H3,(H,18,20)(H,21,22). The molecular formula is C17H23N2O5P. The van der Waals surface area contributed by atoms with Gasteiger partial charge in [0.1, 0.15) is 0 Å². The summed E-state index contributed by atoms with van der Waals surface area (Å²) in [6.45, 7) is 0.708. The Balaban J connectivity index is 1.63. The summed E-state index contributed by atoms with van der Waals surface area (Å²) in [6.07, 6.45) is 4.19. The lowest BCUT2D eigenvalue weighted by atomic mass is 10.1. The second kappa shape index (κ2) is 9.63. The van der Waals surface area contributed by atoms with Crippen molar-refractivity contribution in [1.29, 1.82) is 0 Å². The first-order valence-electron chi connectivity index (χ1n) is 8.13. The molecule has 1 amide bonds. The number of carbonyl (C=O) groups is 1. The Kier molecular flexibility index (Phi) is 7.52. The van der Waals surface area contributed by atoms with E-state index in [9.17, 15) is 9.36 Å². The highest BCUT2D eigenvalue weighted by Crippen LogP contribution is 2.41. The molecule has 0 aliphatic heterocycles. The normalized spacial score (nSPS) is 13.5. The van der Waals surface area contributed by atoms with Crippen LogP contribution in [0.1, 0.15) is 24.8 Å². The Morgan fingerprint density at radius 1 is 1.28 bits per heavy atom. The molecule has 1 unspecified atom stereocenters. The SMILES string of the molecule is COP(=O)(O)OCCCCCNC(=O)Cc1cnc2ccccc2c1. The second-order valence-electron chi connectivity index (χ2n) is 5.61. The number of nitrogens with zero attached hydrogens (tertiary/aromatic N) is 1. The molecule has 0 radical (unpaired) electrons. The zero-order valence-corrected chi connectivity index (χ0v) is 15.1. The van der Waals surface area contributed by atoms with Gasteiger partial charge >= 0.3 is 7.82 Å². The molecular weight excluding hydrogens is 343 g/mol. The number of phosphoric ester groups is 1. The number of aromatic nitrogens is 1. The number of pyridine rings is 1. The molecule has 1 aromatic carbocycles. The summed E-state index contributed by atoms with van der Waals surface area (Å²) in [5.74, 6) is -0.0485. The summed E-state index contributed by atoms with van der Waals surface area (Å²) in [7, 11) is -2.75. The number of benzene rings is 1. The first kappa shape index (κ1) is 19.5. The minimum absolute atomic E-state index is 0.0485. The smallest absolute Gasteiger partial charge is 0.356 e. The molecule has 1 atom stereocenters. The van der Waals surface area contributed by atoms with E-state index in [4.69, 9.17) is 9.42 Å². The zero-order chi connectivity index (χ0) is 18.1. The Hall–Kier alpha value is -1.79. The first-order valence-corrected chi connectivity index (χ1v) is 9.63. The lowest BCUT2D eigenvalue weighted by molar-refractivity contribution is -0.120. The van der Waals surface area contributed by atoms with Gasteiger partial charge < -0.3 is 10.2 Å². The molecule has 0 bridgehead atoms. The summed E-state index contributed by atoms with van der Waals surface area (Å²) in [4.78, 5) is 25.4. The van der Waals surface area contributed by atoms with Gasteiger partial charge in [0.15, 0.2) is 0 Å². The highest BCUT2D eigenvalue weighted by Gasteiger charge is 2.17. The van der Waals surface area contributed by atoms with E-state index in [1.54, 1.807) is 6.20 Å². The molecule has 2 N–H and O–H groups in total. The van der Waals surface area contributed by atoms with Gasteiger partial charge in [-0.15, -0.1) is 0 Å². The second-order valence-corrected chi connectivity index (χ2v) is 7.17. The number of hydrogen-bond donors (Lipinski definition) is 2. The fourth-order valence-corrected chi connectivity index (χ4v) is 2.79. The Morgan fingerprint density at radius 3 is 2.88 bits per heavy atom. The van der Waals surface area contributed by atoms with E-state index in [-0.39, 0.29) is 12.5 Å². The molecule has 0 aliphatic carbocycles. The minimum Gasteiger partial charge on any atom is -0.356 e. The summed E-state index contributed by atoms with van der Waals surface area (Å²) >= 11 is 0. The van der Waals surface area contributed by atoms with Gasteiger partial charge in [0.25, 0.3) is 0 Å². The first-order chi connectivity index (χ1) is 12.0. The van der Waals surface area contributed by atoms with Crippen molar-refractivity contribution in [2.75, 3.05) is 20.3 Å². The van der Waals surface area contributed by atoms with Crippen LogP contribution in [0.5, 0.6) is 0 Å². The van der Waals surface area contributed by atoms with Crippen LogP contribution in [0.25, 0.3) is 10.9 Å². The number of amides is 1. The summed E-state index contributed by atoms with van der Waals surface area (Å²) in [6, 6.07) is 9.76. The molecule has 0 saturated heterocycles. The Labute approximate surface area is 147 Å². The van der Waals surface area contributed by atoms with Gasteiger partial charge in [-0.1, -0.05) is 18.2 Å². The van der Waals surface area contributed by atoms with Crippen LogP contribution in [-0.4, -0.2) is 36.0 Å². The van der Waals surface area contributed by atoms with Gasteiger partial charge in [-0.3, -0.25) is 18.8 Å². The average Bonchev–Trinajstić information content (AvgIpc) is 2.60. The van der Waals surface area contributed by atoms with Gasteiger partial charge in [-0.05, 0) is 37.0 Å². The highest BCUT2D eigenvalue weighted by molar-refractivity contribution is 7.47. The van der Waals surface area contributed by atoms with Crippen LogP contribution in [0.3, 0.4) is 0 Å². The third-order valence-electron chi connectivity index (χ3n) is 3.64. The van der Waals surface area contributed by atoms with E-state index in [1.807, 2.05) is 30.3 Å². The predicted molar refractivity (Wildman–Crippen MR) is 95.1 cm³/mol. The number of hydrogen-bond acceptors (Lipinski definition) is 5. The molecule has 7 nitrogen and oxygen atoms in total. The van der Waals surface area contributed by atoms with Crippen LogP contribution in [0.4, 0.5) is 0 Å². The number of nitrogens with one attached hydrogen (secondary N) is 1. The van der Waals surface area contributed by atoms with Crippen molar-refractivity contribution in [3.63, 3.8) is 0 Å². The van der Waals surface area contributed by atoms with Gasteiger partial charge in [-0.2, -0.15) is 0 Å². The highest BCUT2D eigenvalue weighted by atomic mass is 31.2. The van der Waals surface area contributed by atoms with Gasteiger partial charge in [0.2, 0.25) is 5.91 Å². The molecule has 136 valence electrons. The number of phosphoric acid groups is 1. The van der Waals surface area contributed by atoms with Crippen LogP contribution in [-0.2, 0) is 24.8 Å². The molecule has 2 rings (SSSR count). The number of unbranched alkanes of at least 4 members (excludes halogenated alkanes) is 2. The van der Waals surface area contributed by atoms with Gasteiger partial charge in [-0.25, -0.2) is 4.57 Å². The predicted octanol–water partition coefficient (Wildman–Crippen LogP) is 2.83. The molecule has 0 fully saturated rings. The van der Waals surface area contributed by atoms with E-state index in [1.165, 1.54) is 0 Å². The monoisotopic (exact) mass is 366 g/mol. The summed E-state index contributed by atoms with van der Waals surface area (Å²) in [5.41, 5.74) is 1.79. The lowest BCUT2D eigenvalue weighted by Crippen LogP contribution is -2.26. The van der Waals surface area contributed by atoms with Crippen molar-refractivity contribution in [3.05, 3.63) is 42.1 Å². The third-order valence-corrected chi connectivity index (χ3v) is 4.61. The summed E-state index contributed by atoms with van der Waals surface area (Å²) < 4.78 is 20.1. The molecule has 8 heteroatoms. The molecule has 0 saturated carbocycles. The van der Waals surface area contributed by atoms with Crippen molar-refractivity contribution < 1.29 is 23.3 Å². The third kappa shape index (κ3) is 6.92. The maximum Gasteiger partial charge on any atom is 0.471 e. The van der Waals surface area contributed by atoms with E-state index in [0.717, 1.165) is 36.4 Å². The quantitative estimate of drug-likeness (QED) is 0.496. The number of fused-ring (bicyclic) bond motifs is 1. The zero-order valence-electron chi connectivity index (χ0n) is 14.2.